The molecule has 0 saturated carbocycles. The van der Waals surface area contributed by atoms with Crippen LogP contribution in [-0.4, -0.2) is 24.9 Å². The molecule has 0 heterocycles. The van der Waals surface area contributed by atoms with E-state index in [9.17, 15) is 4.79 Å². The quantitative estimate of drug-likeness (QED) is 0.854. The first kappa shape index (κ1) is 12.7. The third kappa shape index (κ3) is 3.35. The van der Waals surface area contributed by atoms with Crippen LogP contribution in [0.4, 0.5) is 0 Å². The van der Waals surface area contributed by atoms with E-state index in [1.54, 1.807) is 14.1 Å². The van der Waals surface area contributed by atoms with Crippen molar-refractivity contribution in [2.75, 3.05) is 14.1 Å². The number of rotatable bonds is 3. The van der Waals surface area contributed by atoms with Crippen LogP contribution in [0.2, 0.25) is 0 Å². The summed E-state index contributed by atoms with van der Waals surface area (Å²) < 4.78 is 0.919. The molecule has 0 N–H and O–H groups in total. The first-order valence-electron chi connectivity index (χ1n) is 4.90. The third-order valence-electron chi connectivity index (χ3n) is 2.28. The monoisotopic (exact) mass is 280 g/mol. The lowest BCUT2D eigenvalue weighted by molar-refractivity contribution is -0.128. The Morgan fingerprint density at radius 2 is 2.25 bits per heavy atom. The predicted octanol–water partition coefficient (Wildman–Crippen LogP) is 2.53. The molecule has 3 nitrogen and oxygen atoms in total. The standard InChI is InChI=1S/C12H13BrN2O/c1-15(2)12(16)7-10(8-14)9-4-3-5-11(13)6-9/h3-6,10H,7H2,1-2H3. The maximum absolute atomic E-state index is 11.5. The second-order valence-corrected chi connectivity index (χ2v) is 4.64. The molecule has 1 aromatic rings. The summed E-state index contributed by atoms with van der Waals surface area (Å²) in [5, 5.41) is 9.06. The highest BCUT2D eigenvalue weighted by molar-refractivity contribution is 9.10. The molecule has 0 bridgehead atoms. The van der Waals surface area contributed by atoms with Gasteiger partial charge >= 0.3 is 0 Å². The van der Waals surface area contributed by atoms with Gasteiger partial charge in [0.15, 0.2) is 0 Å². The van der Waals surface area contributed by atoms with E-state index in [0.717, 1.165) is 10.0 Å². The summed E-state index contributed by atoms with van der Waals surface area (Å²) in [6.07, 6.45) is 0.222. The van der Waals surface area contributed by atoms with Gasteiger partial charge in [-0.05, 0) is 17.7 Å². The zero-order valence-corrected chi connectivity index (χ0v) is 10.9. The molecule has 0 fully saturated rings. The van der Waals surface area contributed by atoms with E-state index in [4.69, 9.17) is 5.26 Å². The summed E-state index contributed by atoms with van der Waals surface area (Å²) in [5.41, 5.74) is 0.868. The van der Waals surface area contributed by atoms with Crippen molar-refractivity contribution in [1.29, 1.82) is 5.26 Å². The molecule has 84 valence electrons. The first-order valence-corrected chi connectivity index (χ1v) is 5.69. The van der Waals surface area contributed by atoms with Crippen LogP contribution in [-0.2, 0) is 4.79 Å². The molecule has 0 aliphatic rings. The molecule has 1 aromatic carbocycles. The van der Waals surface area contributed by atoms with Crippen molar-refractivity contribution in [3.8, 4) is 6.07 Å². The van der Waals surface area contributed by atoms with Crippen LogP contribution in [0.15, 0.2) is 28.7 Å². The lowest BCUT2D eigenvalue weighted by Crippen LogP contribution is -2.23. The van der Waals surface area contributed by atoms with Gasteiger partial charge in [-0.2, -0.15) is 5.26 Å². The van der Waals surface area contributed by atoms with E-state index >= 15 is 0 Å². The molecular weight excluding hydrogens is 268 g/mol. The van der Waals surface area contributed by atoms with Crippen molar-refractivity contribution in [3.05, 3.63) is 34.3 Å². The summed E-state index contributed by atoms with van der Waals surface area (Å²) in [6.45, 7) is 0. The zero-order valence-electron chi connectivity index (χ0n) is 9.27. The van der Waals surface area contributed by atoms with Crippen LogP contribution in [0.25, 0.3) is 0 Å². The van der Waals surface area contributed by atoms with Crippen LogP contribution in [0.1, 0.15) is 17.9 Å². The van der Waals surface area contributed by atoms with Gasteiger partial charge in [0.1, 0.15) is 0 Å². The molecule has 0 radical (unpaired) electrons. The molecule has 4 heteroatoms. The maximum Gasteiger partial charge on any atom is 0.223 e. The van der Waals surface area contributed by atoms with Gasteiger partial charge in [0.2, 0.25) is 5.91 Å². The second-order valence-electron chi connectivity index (χ2n) is 3.73. The number of nitrogens with zero attached hydrogens (tertiary/aromatic N) is 2. The Balaban J connectivity index is 2.84. The molecule has 0 spiro atoms. The largest absolute Gasteiger partial charge is 0.349 e. The van der Waals surface area contributed by atoms with Crippen molar-refractivity contribution in [2.45, 2.75) is 12.3 Å². The zero-order chi connectivity index (χ0) is 12.1. The van der Waals surface area contributed by atoms with Gasteiger partial charge in [0.05, 0.1) is 12.0 Å². The van der Waals surface area contributed by atoms with Crippen LogP contribution in [0.5, 0.6) is 0 Å². The molecule has 0 saturated heterocycles. The van der Waals surface area contributed by atoms with Gasteiger partial charge in [-0.3, -0.25) is 4.79 Å². The third-order valence-corrected chi connectivity index (χ3v) is 2.78. The van der Waals surface area contributed by atoms with Crippen molar-refractivity contribution in [2.24, 2.45) is 0 Å². The predicted molar refractivity (Wildman–Crippen MR) is 65.8 cm³/mol. The fraction of sp³-hybridized carbons (Fsp3) is 0.333. The Labute approximate surface area is 104 Å². The van der Waals surface area contributed by atoms with Crippen LogP contribution in [0, 0.1) is 11.3 Å². The van der Waals surface area contributed by atoms with E-state index in [2.05, 4.69) is 22.0 Å². The topological polar surface area (TPSA) is 44.1 Å². The van der Waals surface area contributed by atoms with E-state index in [1.165, 1.54) is 4.90 Å². The number of hydrogen-bond acceptors (Lipinski definition) is 2. The van der Waals surface area contributed by atoms with E-state index in [1.807, 2.05) is 24.3 Å². The Hall–Kier alpha value is -1.34. The summed E-state index contributed by atoms with van der Waals surface area (Å²) in [4.78, 5) is 13.0. The highest BCUT2D eigenvalue weighted by Gasteiger charge is 2.16. The summed E-state index contributed by atoms with van der Waals surface area (Å²) >= 11 is 3.35. The molecule has 0 aliphatic heterocycles. The molecular formula is C12H13BrN2O. The highest BCUT2D eigenvalue weighted by Crippen LogP contribution is 2.22. The van der Waals surface area contributed by atoms with Crippen molar-refractivity contribution >= 4 is 21.8 Å². The van der Waals surface area contributed by atoms with Crippen molar-refractivity contribution in [3.63, 3.8) is 0 Å². The van der Waals surface area contributed by atoms with Gasteiger partial charge in [-0.15, -0.1) is 0 Å². The summed E-state index contributed by atoms with van der Waals surface area (Å²) in [7, 11) is 3.38. The molecule has 16 heavy (non-hydrogen) atoms. The van der Waals surface area contributed by atoms with Gasteiger partial charge in [-0.25, -0.2) is 0 Å². The maximum atomic E-state index is 11.5. The lowest BCUT2D eigenvalue weighted by Gasteiger charge is -2.13. The molecule has 0 aromatic heterocycles. The number of carbonyl (C=O) groups is 1. The summed E-state index contributed by atoms with van der Waals surface area (Å²) in [5.74, 6) is -0.418. The average molecular weight is 281 g/mol. The SMILES string of the molecule is CN(C)C(=O)CC(C#N)c1cccc(Br)c1. The van der Waals surface area contributed by atoms with E-state index < -0.39 is 0 Å². The lowest BCUT2D eigenvalue weighted by atomic mass is 9.97. The number of benzene rings is 1. The number of hydrogen-bond donors (Lipinski definition) is 0. The van der Waals surface area contributed by atoms with Crippen LogP contribution >= 0.6 is 15.9 Å². The van der Waals surface area contributed by atoms with Crippen LogP contribution in [0.3, 0.4) is 0 Å². The summed E-state index contributed by atoms with van der Waals surface area (Å²) in [6, 6.07) is 9.66. The smallest absolute Gasteiger partial charge is 0.223 e. The fourth-order valence-corrected chi connectivity index (χ4v) is 1.74. The second kappa shape index (κ2) is 5.66. The minimum absolute atomic E-state index is 0.0356. The van der Waals surface area contributed by atoms with E-state index in [-0.39, 0.29) is 18.2 Å². The van der Waals surface area contributed by atoms with Gasteiger partial charge in [-0.1, -0.05) is 28.1 Å². The normalized spacial score (nSPS) is 11.6. The first-order chi connectivity index (χ1) is 7.54. The van der Waals surface area contributed by atoms with Crippen molar-refractivity contribution < 1.29 is 4.79 Å². The number of halogens is 1. The Morgan fingerprint density at radius 3 is 2.75 bits per heavy atom. The highest BCUT2D eigenvalue weighted by atomic mass is 79.9. The average Bonchev–Trinajstić information content (AvgIpc) is 2.25. The molecule has 1 rings (SSSR count). The molecule has 1 unspecified atom stereocenters. The molecule has 1 amide bonds. The van der Waals surface area contributed by atoms with E-state index in [0.29, 0.717) is 0 Å². The van der Waals surface area contributed by atoms with Crippen molar-refractivity contribution in [1.82, 2.24) is 4.90 Å². The Kier molecular flexibility index (Phi) is 4.51. The Morgan fingerprint density at radius 1 is 1.56 bits per heavy atom. The number of nitriles is 1. The van der Waals surface area contributed by atoms with Gasteiger partial charge in [0, 0.05) is 25.0 Å². The number of amides is 1. The molecule has 1 atom stereocenters. The minimum atomic E-state index is -0.382. The van der Waals surface area contributed by atoms with Gasteiger partial charge in [0.25, 0.3) is 0 Å². The molecule has 0 aliphatic carbocycles. The fourth-order valence-electron chi connectivity index (χ4n) is 1.32. The Bertz CT molecular complexity index is 423. The minimum Gasteiger partial charge on any atom is -0.349 e. The van der Waals surface area contributed by atoms with Crippen LogP contribution < -0.4 is 0 Å². The van der Waals surface area contributed by atoms with Gasteiger partial charge < -0.3 is 4.90 Å². The number of carbonyl (C=O) groups excluding carboxylic acids is 1.